The van der Waals surface area contributed by atoms with Gasteiger partial charge in [-0.15, -0.1) is 0 Å². The van der Waals surface area contributed by atoms with Crippen LogP contribution in [-0.4, -0.2) is 58.1 Å². The molecule has 5 nitrogen and oxygen atoms in total. The maximum absolute atomic E-state index is 12.2. The van der Waals surface area contributed by atoms with Gasteiger partial charge in [0.1, 0.15) is 6.29 Å². The molecule has 1 unspecified atom stereocenters. The Morgan fingerprint density at radius 1 is 0.481 bits per heavy atom. The summed E-state index contributed by atoms with van der Waals surface area (Å²) < 4.78 is 10.8. The molecule has 0 radical (unpaired) electrons. The number of methoxy groups -OCH3 is 1. The van der Waals surface area contributed by atoms with Crippen LogP contribution in [0.15, 0.2) is 0 Å². The van der Waals surface area contributed by atoms with Crippen molar-refractivity contribution in [3.8, 4) is 0 Å². The van der Waals surface area contributed by atoms with E-state index in [-0.39, 0.29) is 5.97 Å². The number of carbonyl (C=O) groups is 2. The third-order valence-electron chi connectivity index (χ3n) is 11.5. The van der Waals surface area contributed by atoms with Crippen molar-refractivity contribution in [1.82, 2.24) is 4.90 Å². The number of hydrogen-bond donors (Lipinski definition) is 0. The number of ether oxygens (including phenoxy) is 2. The molecule has 0 amide bonds. The van der Waals surface area contributed by atoms with E-state index in [1.54, 1.807) is 0 Å². The first-order valence-corrected chi connectivity index (χ1v) is 24.1. The lowest BCUT2D eigenvalue weighted by molar-refractivity contribution is -0.144. The first kappa shape index (κ1) is 55.2. The van der Waals surface area contributed by atoms with Crippen molar-refractivity contribution < 1.29 is 19.1 Å². The van der Waals surface area contributed by atoms with E-state index in [9.17, 15) is 9.59 Å². The molecule has 0 aromatic carbocycles. The minimum atomic E-state index is 0.0166. The van der Waals surface area contributed by atoms with Crippen molar-refractivity contribution in [2.24, 2.45) is 17.8 Å². The Labute approximate surface area is 340 Å². The molecule has 0 spiro atoms. The van der Waals surface area contributed by atoms with E-state index in [4.69, 9.17) is 9.47 Å². The van der Waals surface area contributed by atoms with Crippen LogP contribution >= 0.6 is 0 Å². The summed E-state index contributed by atoms with van der Waals surface area (Å²) >= 11 is 0. The normalized spacial score (nSPS) is 12.0. The predicted molar refractivity (Wildman–Crippen MR) is 238 cm³/mol. The molecule has 0 aliphatic heterocycles. The van der Waals surface area contributed by atoms with Gasteiger partial charge in [0.25, 0.3) is 0 Å². The van der Waals surface area contributed by atoms with Crippen molar-refractivity contribution in [1.29, 1.82) is 0 Å². The molecule has 0 aromatic heterocycles. The number of nitrogens with zero attached hydrogens (tertiary/aromatic N) is 1. The Morgan fingerprint density at radius 3 is 1.28 bits per heavy atom. The van der Waals surface area contributed by atoms with Crippen LogP contribution < -0.4 is 0 Å². The lowest BCUT2D eigenvalue weighted by atomic mass is 9.90. The number of rotatable bonds is 42. The highest BCUT2D eigenvalue weighted by Crippen LogP contribution is 2.25. The van der Waals surface area contributed by atoms with Gasteiger partial charge >= 0.3 is 5.97 Å². The Kier molecular flexibility index (Phi) is 47.4. The largest absolute Gasteiger partial charge is 0.466 e. The van der Waals surface area contributed by atoms with Gasteiger partial charge in [-0.3, -0.25) is 4.79 Å². The van der Waals surface area contributed by atoms with Gasteiger partial charge in [-0.1, -0.05) is 195 Å². The van der Waals surface area contributed by atoms with Gasteiger partial charge in [0.15, 0.2) is 0 Å². The van der Waals surface area contributed by atoms with E-state index >= 15 is 0 Å². The fourth-order valence-corrected chi connectivity index (χ4v) is 7.85. The Hall–Kier alpha value is -0.940. The molecule has 0 N–H and O–H groups in total. The molecule has 0 saturated carbocycles. The van der Waals surface area contributed by atoms with E-state index < -0.39 is 0 Å². The lowest BCUT2D eigenvalue weighted by Crippen LogP contribution is -2.14. The number of hydrogen-bond acceptors (Lipinski definition) is 5. The molecule has 0 saturated heterocycles. The molecule has 0 aliphatic carbocycles. The standard InChI is InChI=1S/C35H69NO3.C14H30O/c1-5-7-16-23-34(24-17-8-6-2)29-32-39-35(38)28-20-14-11-13-19-26-33(27-22-30-36(3)4)25-18-12-9-10-15-21-31-37;1-4-6-8-10-14(12-13-15-3)11-9-7-5-2/h31,33-34H,5-30,32H2,1-4H3;14H,4-13H2,1-3H3. The maximum Gasteiger partial charge on any atom is 0.305 e. The molecule has 0 rings (SSSR count). The lowest BCUT2D eigenvalue weighted by Gasteiger charge is -2.18. The van der Waals surface area contributed by atoms with Crippen LogP contribution in [0.3, 0.4) is 0 Å². The second-order valence-corrected chi connectivity index (χ2v) is 17.1. The molecule has 1 atom stereocenters. The van der Waals surface area contributed by atoms with Crippen LogP contribution in [0.25, 0.3) is 0 Å². The molecule has 0 aliphatic rings. The third kappa shape index (κ3) is 43.8. The van der Waals surface area contributed by atoms with E-state index in [1.807, 2.05) is 7.11 Å². The summed E-state index contributed by atoms with van der Waals surface area (Å²) in [4.78, 5) is 25.0. The molecule has 0 heterocycles. The van der Waals surface area contributed by atoms with Crippen LogP contribution in [0, 0.1) is 17.8 Å². The molecule has 0 bridgehead atoms. The summed E-state index contributed by atoms with van der Waals surface area (Å²) in [6, 6.07) is 0. The summed E-state index contributed by atoms with van der Waals surface area (Å²) in [5, 5.41) is 0. The maximum atomic E-state index is 12.2. The SMILES string of the molecule is CCCCCC(CCCCC)CCOC.CCCCCC(CCCCC)CCOC(=O)CCCCCCCC(CCCCCCCC=O)CCCN(C)C. The number of aldehydes is 1. The molecular weight excluding hydrogens is 667 g/mol. The van der Waals surface area contributed by atoms with Crippen molar-refractivity contribution >= 4 is 12.3 Å². The summed E-state index contributed by atoms with van der Waals surface area (Å²) in [5.41, 5.74) is 0. The minimum Gasteiger partial charge on any atom is -0.466 e. The Bertz CT molecular complexity index is 708. The van der Waals surface area contributed by atoms with Crippen LogP contribution in [0.2, 0.25) is 0 Å². The van der Waals surface area contributed by atoms with Gasteiger partial charge in [-0.25, -0.2) is 0 Å². The zero-order chi connectivity index (χ0) is 40.2. The third-order valence-corrected chi connectivity index (χ3v) is 11.5. The second-order valence-electron chi connectivity index (χ2n) is 17.1. The molecule has 54 heavy (non-hydrogen) atoms. The fourth-order valence-electron chi connectivity index (χ4n) is 7.85. The van der Waals surface area contributed by atoms with Gasteiger partial charge in [-0.2, -0.15) is 0 Å². The number of esters is 1. The van der Waals surface area contributed by atoms with Crippen molar-refractivity contribution in [2.75, 3.05) is 41.0 Å². The molecule has 324 valence electrons. The monoisotopic (exact) mass is 766 g/mol. The van der Waals surface area contributed by atoms with E-state index in [0.29, 0.717) is 13.0 Å². The minimum absolute atomic E-state index is 0.0166. The first-order chi connectivity index (χ1) is 26.4. The summed E-state index contributed by atoms with van der Waals surface area (Å²) in [7, 11) is 6.16. The zero-order valence-corrected chi connectivity index (χ0v) is 38.1. The van der Waals surface area contributed by atoms with Crippen molar-refractivity contribution in [3.05, 3.63) is 0 Å². The molecule has 0 fully saturated rings. The Balaban J connectivity index is 0. The van der Waals surface area contributed by atoms with Crippen molar-refractivity contribution in [3.63, 3.8) is 0 Å². The molecule has 5 heteroatoms. The van der Waals surface area contributed by atoms with Crippen LogP contribution in [0.1, 0.15) is 246 Å². The fraction of sp³-hybridized carbons (Fsp3) is 0.959. The second kappa shape index (κ2) is 46.4. The highest BCUT2D eigenvalue weighted by Gasteiger charge is 2.12. The van der Waals surface area contributed by atoms with Crippen molar-refractivity contribution in [2.45, 2.75) is 246 Å². The number of carbonyl (C=O) groups excluding carboxylic acids is 2. The summed E-state index contributed by atoms with van der Waals surface area (Å²) in [6.07, 6.45) is 43.9. The van der Waals surface area contributed by atoms with Crippen LogP contribution in [-0.2, 0) is 19.1 Å². The van der Waals surface area contributed by atoms with Gasteiger partial charge < -0.3 is 19.2 Å². The highest BCUT2D eigenvalue weighted by atomic mass is 16.5. The smallest absolute Gasteiger partial charge is 0.305 e. The van der Waals surface area contributed by atoms with E-state index in [1.165, 1.54) is 186 Å². The van der Waals surface area contributed by atoms with Gasteiger partial charge in [0.2, 0.25) is 0 Å². The first-order valence-electron chi connectivity index (χ1n) is 24.1. The van der Waals surface area contributed by atoms with Gasteiger partial charge in [-0.05, 0) is 76.9 Å². The predicted octanol–water partition coefficient (Wildman–Crippen LogP) is 15.1. The molecular formula is C49H99NO4. The van der Waals surface area contributed by atoms with E-state index in [0.717, 1.165) is 62.8 Å². The quantitative estimate of drug-likeness (QED) is 0.0352. The average molecular weight is 766 g/mol. The number of unbranched alkanes of at least 4 members (excludes halogenated alkanes) is 17. The van der Waals surface area contributed by atoms with Crippen LogP contribution in [0.5, 0.6) is 0 Å². The van der Waals surface area contributed by atoms with E-state index in [2.05, 4.69) is 46.7 Å². The van der Waals surface area contributed by atoms with Crippen LogP contribution in [0.4, 0.5) is 0 Å². The van der Waals surface area contributed by atoms with Gasteiger partial charge in [0, 0.05) is 26.6 Å². The molecule has 0 aromatic rings. The Morgan fingerprint density at radius 2 is 0.852 bits per heavy atom. The zero-order valence-electron chi connectivity index (χ0n) is 38.1. The average Bonchev–Trinajstić information content (AvgIpc) is 3.16. The van der Waals surface area contributed by atoms with Gasteiger partial charge in [0.05, 0.1) is 6.61 Å². The summed E-state index contributed by atoms with van der Waals surface area (Å²) in [5.74, 6) is 2.53. The highest BCUT2D eigenvalue weighted by molar-refractivity contribution is 5.69. The topological polar surface area (TPSA) is 55.8 Å². The summed E-state index contributed by atoms with van der Waals surface area (Å²) in [6.45, 7) is 11.9.